The molecule has 0 atom stereocenters. The molecule has 0 aliphatic rings. The summed E-state index contributed by atoms with van der Waals surface area (Å²) in [5, 5.41) is 2.66. The van der Waals surface area contributed by atoms with Crippen molar-refractivity contribution < 1.29 is 21.4 Å². The first-order chi connectivity index (χ1) is 11.5. The third-order valence-electron chi connectivity index (χ3n) is 3.40. The average Bonchev–Trinajstić information content (AvgIpc) is 2.52. The van der Waals surface area contributed by atoms with Crippen molar-refractivity contribution in [1.29, 1.82) is 0 Å². The Morgan fingerprint density at radius 1 is 1.04 bits per heavy atom. The van der Waals surface area contributed by atoms with Crippen LogP contribution in [0.1, 0.15) is 5.56 Å². The molecule has 136 valence electrons. The van der Waals surface area contributed by atoms with Gasteiger partial charge in [0.25, 0.3) is 10.1 Å². The molecule has 0 unspecified atom stereocenters. The number of sulfonamides is 1. The normalized spacial score (nSPS) is 12.4. The van der Waals surface area contributed by atoms with Crippen LogP contribution in [0.15, 0.2) is 52.3 Å². The molecule has 0 radical (unpaired) electrons. The van der Waals surface area contributed by atoms with Gasteiger partial charge in [0.15, 0.2) is 0 Å². The average molecular weight is 405 g/mol. The summed E-state index contributed by atoms with van der Waals surface area (Å²) >= 11 is 5.91. The first kappa shape index (κ1) is 19.7. The minimum absolute atomic E-state index is 0.134. The number of anilines is 1. The summed E-state index contributed by atoms with van der Waals surface area (Å²) in [6.07, 6.45) is 0. The van der Waals surface area contributed by atoms with Crippen molar-refractivity contribution in [3.63, 3.8) is 0 Å². The minimum atomic E-state index is -4.67. The van der Waals surface area contributed by atoms with Crippen LogP contribution in [0.25, 0.3) is 0 Å². The van der Waals surface area contributed by atoms with Crippen LogP contribution in [0, 0.1) is 0 Å². The molecule has 2 rings (SSSR count). The van der Waals surface area contributed by atoms with Crippen LogP contribution in [0.4, 0.5) is 5.69 Å². The first-order valence-corrected chi connectivity index (χ1v) is 10.3. The van der Waals surface area contributed by atoms with Crippen LogP contribution in [0.5, 0.6) is 0 Å². The first-order valence-electron chi connectivity index (χ1n) is 7.05. The van der Waals surface area contributed by atoms with E-state index in [1.807, 2.05) is 30.3 Å². The second kappa shape index (κ2) is 7.30. The largest absolute Gasteiger partial charge is 0.380 e. The quantitative estimate of drug-likeness (QED) is 0.716. The number of rotatable bonds is 6. The van der Waals surface area contributed by atoms with Crippen molar-refractivity contribution in [2.75, 3.05) is 19.4 Å². The number of hydrogen-bond donors (Lipinski definition) is 2. The standard InChI is InChI=1S/C15H17ClN2O5S2/c1-18(2)24(19,20)15-9-14(25(21,22)23)12(16)8-13(15)17-10-11-6-4-3-5-7-11/h3-9,17H,10H2,1-2H3,(H,21,22,23). The van der Waals surface area contributed by atoms with E-state index in [1.54, 1.807) is 0 Å². The summed E-state index contributed by atoms with van der Waals surface area (Å²) in [5.74, 6) is 0. The van der Waals surface area contributed by atoms with E-state index in [9.17, 15) is 21.4 Å². The fourth-order valence-corrected chi connectivity index (χ4v) is 4.25. The van der Waals surface area contributed by atoms with E-state index in [2.05, 4.69) is 5.32 Å². The lowest BCUT2D eigenvalue weighted by Gasteiger charge is -2.18. The lowest BCUT2D eigenvalue weighted by Crippen LogP contribution is -2.24. The van der Waals surface area contributed by atoms with Crippen LogP contribution < -0.4 is 5.32 Å². The second-order valence-electron chi connectivity index (χ2n) is 5.38. The molecular weight excluding hydrogens is 388 g/mol. The van der Waals surface area contributed by atoms with Crippen molar-refractivity contribution in [3.8, 4) is 0 Å². The molecule has 0 aromatic heterocycles. The van der Waals surface area contributed by atoms with Gasteiger partial charge in [0.1, 0.15) is 9.79 Å². The van der Waals surface area contributed by atoms with Gasteiger partial charge in [-0.3, -0.25) is 4.55 Å². The molecule has 0 bridgehead atoms. The number of nitrogens with one attached hydrogen (secondary N) is 1. The summed E-state index contributed by atoms with van der Waals surface area (Å²) in [7, 11) is -6.01. The van der Waals surface area contributed by atoms with Gasteiger partial charge >= 0.3 is 0 Å². The zero-order chi connectivity index (χ0) is 18.8. The molecule has 0 amide bonds. The van der Waals surface area contributed by atoms with E-state index in [0.717, 1.165) is 15.9 Å². The third kappa shape index (κ3) is 4.50. The van der Waals surface area contributed by atoms with Crippen molar-refractivity contribution in [1.82, 2.24) is 4.31 Å². The Balaban J connectivity index is 2.56. The van der Waals surface area contributed by atoms with Crippen molar-refractivity contribution in [2.24, 2.45) is 0 Å². The van der Waals surface area contributed by atoms with Crippen LogP contribution in [0.2, 0.25) is 5.02 Å². The predicted molar refractivity (Wildman–Crippen MR) is 95.9 cm³/mol. The highest BCUT2D eigenvalue weighted by molar-refractivity contribution is 7.89. The minimum Gasteiger partial charge on any atom is -0.380 e. The Labute approximate surface area is 152 Å². The maximum absolute atomic E-state index is 12.5. The fourth-order valence-electron chi connectivity index (χ4n) is 2.07. The lowest BCUT2D eigenvalue weighted by atomic mass is 10.2. The molecule has 7 nitrogen and oxygen atoms in total. The van der Waals surface area contributed by atoms with E-state index in [0.29, 0.717) is 6.54 Å². The molecule has 0 saturated carbocycles. The zero-order valence-electron chi connectivity index (χ0n) is 13.5. The van der Waals surface area contributed by atoms with Crippen molar-refractivity contribution >= 4 is 37.4 Å². The van der Waals surface area contributed by atoms with Crippen molar-refractivity contribution in [2.45, 2.75) is 16.3 Å². The summed E-state index contributed by atoms with van der Waals surface area (Å²) in [4.78, 5) is -0.967. The second-order valence-corrected chi connectivity index (χ2v) is 9.30. The Morgan fingerprint density at radius 2 is 1.64 bits per heavy atom. The summed E-state index contributed by atoms with van der Waals surface area (Å²) in [6, 6.07) is 11.2. The Morgan fingerprint density at radius 3 is 2.16 bits per heavy atom. The fraction of sp³-hybridized carbons (Fsp3) is 0.200. The van der Waals surface area contributed by atoms with E-state index in [-0.39, 0.29) is 15.6 Å². The van der Waals surface area contributed by atoms with Gasteiger partial charge in [-0.25, -0.2) is 12.7 Å². The van der Waals surface area contributed by atoms with Crippen LogP contribution >= 0.6 is 11.6 Å². The smallest absolute Gasteiger partial charge is 0.296 e. The molecule has 0 heterocycles. The molecule has 0 aliphatic heterocycles. The Hall–Kier alpha value is -1.65. The summed E-state index contributed by atoms with van der Waals surface area (Å²) < 4.78 is 58.1. The predicted octanol–water partition coefficient (Wildman–Crippen LogP) is 2.45. The van der Waals surface area contributed by atoms with Gasteiger partial charge < -0.3 is 5.32 Å². The summed E-state index contributed by atoms with van der Waals surface area (Å²) in [5.41, 5.74) is 1.03. The molecule has 0 aliphatic carbocycles. The van der Waals surface area contributed by atoms with Gasteiger partial charge in [-0.05, 0) is 17.7 Å². The summed E-state index contributed by atoms with van der Waals surface area (Å²) in [6.45, 7) is 0.304. The van der Waals surface area contributed by atoms with Gasteiger partial charge in [0.05, 0.1) is 10.7 Å². The van der Waals surface area contributed by atoms with Crippen LogP contribution in [0.3, 0.4) is 0 Å². The highest BCUT2D eigenvalue weighted by atomic mass is 35.5. The zero-order valence-corrected chi connectivity index (χ0v) is 15.9. The number of nitrogens with zero attached hydrogens (tertiary/aromatic N) is 1. The van der Waals surface area contributed by atoms with Gasteiger partial charge in [-0.1, -0.05) is 41.9 Å². The van der Waals surface area contributed by atoms with Gasteiger partial charge in [0, 0.05) is 20.6 Å². The number of hydrogen-bond acceptors (Lipinski definition) is 5. The molecule has 25 heavy (non-hydrogen) atoms. The van der Waals surface area contributed by atoms with Crippen molar-refractivity contribution in [3.05, 3.63) is 53.1 Å². The monoisotopic (exact) mass is 404 g/mol. The van der Waals surface area contributed by atoms with E-state index in [1.165, 1.54) is 20.2 Å². The maximum Gasteiger partial charge on any atom is 0.296 e. The topological polar surface area (TPSA) is 104 Å². The van der Waals surface area contributed by atoms with E-state index < -0.39 is 25.0 Å². The SMILES string of the molecule is CN(C)S(=O)(=O)c1cc(S(=O)(=O)O)c(Cl)cc1NCc1ccccc1. The Bertz CT molecular complexity index is 974. The lowest BCUT2D eigenvalue weighted by molar-refractivity contribution is 0.483. The maximum atomic E-state index is 12.5. The Kier molecular flexibility index (Phi) is 5.75. The molecule has 10 heteroatoms. The van der Waals surface area contributed by atoms with E-state index >= 15 is 0 Å². The van der Waals surface area contributed by atoms with Crippen LogP contribution in [-0.4, -0.2) is 39.8 Å². The highest BCUT2D eigenvalue weighted by Gasteiger charge is 2.26. The van der Waals surface area contributed by atoms with E-state index in [4.69, 9.17) is 11.6 Å². The molecule has 2 aromatic rings. The molecule has 0 fully saturated rings. The number of benzene rings is 2. The van der Waals surface area contributed by atoms with Gasteiger partial charge in [-0.15, -0.1) is 0 Å². The molecular formula is C15H17ClN2O5S2. The third-order valence-corrected chi connectivity index (χ3v) is 6.57. The van der Waals surface area contributed by atoms with Gasteiger partial charge in [0.2, 0.25) is 10.0 Å². The molecule has 2 aromatic carbocycles. The van der Waals surface area contributed by atoms with Crippen LogP contribution in [-0.2, 0) is 26.7 Å². The molecule has 2 N–H and O–H groups in total. The van der Waals surface area contributed by atoms with Gasteiger partial charge in [-0.2, -0.15) is 8.42 Å². The molecule has 0 saturated heterocycles. The number of halogens is 1. The molecule has 0 spiro atoms. The highest BCUT2D eigenvalue weighted by Crippen LogP contribution is 2.33.